The van der Waals surface area contributed by atoms with Crippen LogP contribution in [0.25, 0.3) is 0 Å². The molecule has 100 valence electrons. The van der Waals surface area contributed by atoms with E-state index in [1.165, 1.54) is 0 Å². The van der Waals surface area contributed by atoms with Crippen LogP contribution in [0, 0.1) is 0 Å². The van der Waals surface area contributed by atoms with E-state index in [1.807, 2.05) is 0 Å². The summed E-state index contributed by atoms with van der Waals surface area (Å²) in [7, 11) is 0. The summed E-state index contributed by atoms with van der Waals surface area (Å²) >= 11 is 11.6. The lowest BCUT2D eigenvalue weighted by Crippen LogP contribution is -2.53. The molecule has 1 aromatic rings. The maximum Gasteiger partial charge on any atom is 0.231 e. The van der Waals surface area contributed by atoms with Gasteiger partial charge in [0.2, 0.25) is 16.5 Å². The summed E-state index contributed by atoms with van der Waals surface area (Å²) in [5.41, 5.74) is 0.195. The molecule has 0 amide bonds. The van der Waals surface area contributed by atoms with Crippen molar-refractivity contribution in [1.29, 1.82) is 0 Å². The Bertz CT molecular complexity index is 404. The zero-order chi connectivity index (χ0) is 13.3. The van der Waals surface area contributed by atoms with Crippen LogP contribution in [0.2, 0.25) is 10.6 Å². The van der Waals surface area contributed by atoms with Gasteiger partial charge in [0.05, 0.1) is 0 Å². The molecule has 1 aliphatic rings. The van der Waals surface area contributed by atoms with Gasteiger partial charge in [-0.1, -0.05) is 0 Å². The van der Waals surface area contributed by atoms with Gasteiger partial charge in [-0.3, -0.25) is 4.90 Å². The first kappa shape index (κ1) is 13.8. The molecule has 0 unspecified atom stereocenters. The molecule has 1 fully saturated rings. The van der Waals surface area contributed by atoms with Crippen molar-refractivity contribution in [2.75, 3.05) is 31.1 Å². The number of hydrogen-bond acceptors (Lipinski definition) is 5. The van der Waals surface area contributed by atoms with Crippen LogP contribution in [0.4, 0.5) is 5.95 Å². The Labute approximate surface area is 117 Å². The second-order valence-electron chi connectivity index (χ2n) is 5.32. The molecule has 0 spiro atoms. The SMILES string of the molecule is CC(C)(C)N1CCN(c2nc(Cl)nc(Cl)n2)CC1. The minimum atomic E-state index is 0.142. The van der Waals surface area contributed by atoms with Gasteiger partial charge in [-0.15, -0.1) is 0 Å². The summed E-state index contributed by atoms with van der Waals surface area (Å²) in [5.74, 6) is 0.563. The standard InChI is InChI=1S/C11H17Cl2N5/c1-11(2,3)18-6-4-17(5-7-18)10-15-8(12)14-9(13)16-10/h4-7H2,1-3H3. The van der Waals surface area contributed by atoms with Gasteiger partial charge in [-0.25, -0.2) is 0 Å². The molecule has 1 aromatic heterocycles. The minimum absolute atomic E-state index is 0.142. The number of aromatic nitrogens is 3. The third-order valence-corrected chi connectivity index (χ3v) is 3.42. The summed E-state index contributed by atoms with van der Waals surface area (Å²) < 4.78 is 0. The van der Waals surface area contributed by atoms with Crippen LogP contribution < -0.4 is 4.90 Å². The molecule has 0 saturated carbocycles. The van der Waals surface area contributed by atoms with Crippen LogP contribution in [0.15, 0.2) is 0 Å². The molecule has 0 atom stereocenters. The van der Waals surface area contributed by atoms with Crippen LogP contribution in [-0.4, -0.2) is 51.6 Å². The lowest BCUT2D eigenvalue weighted by Gasteiger charge is -2.42. The fourth-order valence-electron chi connectivity index (χ4n) is 2.03. The van der Waals surface area contributed by atoms with Crippen molar-refractivity contribution in [3.05, 3.63) is 10.6 Å². The van der Waals surface area contributed by atoms with E-state index in [0.717, 1.165) is 26.2 Å². The first-order valence-corrected chi connectivity index (χ1v) is 6.69. The molecule has 0 radical (unpaired) electrons. The van der Waals surface area contributed by atoms with E-state index < -0.39 is 0 Å². The lowest BCUT2D eigenvalue weighted by atomic mass is 10.1. The second kappa shape index (κ2) is 5.15. The Morgan fingerprint density at radius 1 is 0.889 bits per heavy atom. The van der Waals surface area contributed by atoms with Gasteiger partial charge in [-0.2, -0.15) is 15.0 Å². The van der Waals surface area contributed by atoms with Crippen molar-refractivity contribution >= 4 is 29.2 Å². The number of halogens is 2. The predicted molar refractivity (Wildman–Crippen MR) is 73.4 cm³/mol. The topological polar surface area (TPSA) is 45.2 Å². The smallest absolute Gasteiger partial charge is 0.231 e. The summed E-state index contributed by atoms with van der Waals surface area (Å²) in [6.07, 6.45) is 0. The normalized spacial score (nSPS) is 18.2. The van der Waals surface area contributed by atoms with E-state index >= 15 is 0 Å². The molecule has 2 heterocycles. The molecule has 1 saturated heterocycles. The van der Waals surface area contributed by atoms with Gasteiger partial charge in [0, 0.05) is 31.7 Å². The molecule has 2 rings (SSSR count). The number of hydrogen-bond donors (Lipinski definition) is 0. The van der Waals surface area contributed by atoms with Crippen molar-refractivity contribution in [2.45, 2.75) is 26.3 Å². The lowest BCUT2D eigenvalue weighted by molar-refractivity contribution is 0.128. The predicted octanol–water partition coefficient (Wildman–Crippen LogP) is 2.10. The zero-order valence-corrected chi connectivity index (χ0v) is 12.3. The van der Waals surface area contributed by atoms with E-state index in [0.29, 0.717) is 5.95 Å². The van der Waals surface area contributed by atoms with Gasteiger partial charge < -0.3 is 4.90 Å². The highest BCUT2D eigenvalue weighted by molar-refractivity contribution is 6.31. The highest BCUT2D eigenvalue weighted by Gasteiger charge is 2.27. The number of anilines is 1. The molecule has 0 bridgehead atoms. The van der Waals surface area contributed by atoms with Gasteiger partial charge >= 0.3 is 0 Å². The number of nitrogens with zero attached hydrogens (tertiary/aromatic N) is 5. The molecule has 0 N–H and O–H groups in total. The fourth-order valence-corrected chi connectivity index (χ4v) is 2.39. The summed E-state index contributed by atoms with van der Waals surface area (Å²) in [6, 6.07) is 0. The largest absolute Gasteiger partial charge is 0.338 e. The summed E-state index contributed by atoms with van der Waals surface area (Å²) in [5, 5.41) is 0.284. The Morgan fingerprint density at radius 2 is 1.39 bits per heavy atom. The first-order valence-electron chi connectivity index (χ1n) is 5.93. The Balaban J connectivity index is 2.05. The maximum atomic E-state index is 5.79. The zero-order valence-electron chi connectivity index (χ0n) is 10.8. The quantitative estimate of drug-likeness (QED) is 0.792. The van der Waals surface area contributed by atoms with Crippen molar-refractivity contribution in [3.63, 3.8) is 0 Å². The number of piperazine rings is 1. The average Bonchev–Trinajstić information content (AvgIpc) is 2.27. The van der Waals surface area contributed by atoms with Crippen LogP contribution >= 0.6 is 23.2 Å². The van der Waals surface area contributed by atoms with Gasteiger partial charge in [0.15, 0.2) is 0 Å². The van der Waals surface area contributed by atoms with Crippen molar-refractivity contribution in [3.8, 4) is 0 Å². The highest BCUT2D eigenvalue weighted by Crippen LogP contribution is 2.19. The Morgan fingerprint density at radius 3 is 1.83 bits per heavy atom. The van der Waals surface area contributed by atoms with Gasteiger partial charge in [0.25, 0.3) is 0 Å². The molecular formula is C11H17Cl2N5. The molecular weight excluding hydrogens is 273 g/mol. The van der Waals surface area contributed by atoms with Crippen molar-refractivity contribution < 1.29 is 0 Å². The monoisotopic (exact) mass is 289 g/mol. The van der Waals surface area contributed by atoms with Crippen LogP contribution in [0.1, 0.15) is 20.8 Å². The van der Waals surface area contributed by atoms with E-state index in [2.05, 4.69) is 45.5 Å². The third kappa shape index (κ3) is 3.22. The Kier molecular flexibility index (Phi) is 3.94. The molecule has 7 heteroatoms. The molecule has 5 nitrogen and oxygen atoms in total. The van der Waals surface area contributed by atoms with Crippen LogP contribution in [0.3, 0.4) is 0 Å². The molecule has 0 aromatic carbocycles. The van der Waals surface area contributed by atoms with Crippen molar-refractivity contribution in [1.82, 2.24) is 19.9 Å². The summed E-state index contributed by atoms with van der Waals surface area (Å²) in [4.78, 5) is 16.5. The van der Waals surface area contributed by atoms with Crippen molar-refractivity contribution in [2.24, 2.45) is 0 Å². The second-order valence-corrected chi connectivity index (χ2v) is 5.99. The van der Waals surface area contributed by atoms with E-state index in [1.54, 1.807) is 0 Å². The highest BCUT2D eigenvalue weighted by atomic mass is 35.5. The maximum absolute atomic E-state index is 5.79. The van der Waals surface area contributed by atoms with Crippen LogP contribution in [-0.2, 0) is 0 Å². The first-order chi connectivity index (χ1) is 8.36. The Hall–Kier alpha value is -0.650. The third-order valence-electron chi connectivity index (χ3n) is 3.08. The number of rotatable bonds is 1. The fraction of sp³-hybridized carbons (Fsp3) is 0.727. The van der Waals surface area contributed by atoms with Gasteiger partial charge in [0.1, 0.15) is 0 Å². The molecule has 18 heavy (non-hydrogen) atoms. The van der Waals surface area contributed by atoms with Gasteiger partial charge in [-0.05, 0) is 44.0 Å². The average molecular weight is 290 g/mol. The summed E-state index contributed by atoms with van der Waals surface area (Å²) in [6.45, 7) is 10.4. The minimum Gasteiger partial charge on any atom is -0.338 e. The molecule has 0 aliphatic carbocycles. The van der Waals surface area contributed by atoms with E-state index in [4.69, 9.17) is 23.2 Å². The molecule has 1 aliphatic heterocycles. The van der Waals surface area contributed by atoms with E-state index in [9.17, 15) is 0 Å². The van der Waals surface area contributed by atoms with E-state index in [-0.39, 0.29) is 16.1 Å². The van der Waals surface area contributed by atoms with Crippen LogP contribution in [0.5, 0.6) is 0 Å².